The second-order valence-electron chi connectivity index (χ2n) is 6.18. The number of carbonyl (C=O) groups excluding carboxylic acids is 1. The van der Waals surface area contributed by atoms with Crippen molar-refractivity contribution in [2.75, 3.05) is 0 Å². The van der Waals surface area contributed by atoms with Crippen molar-refractivity contribution in [3.05, 3.63) is 69.3 Å². The summed E-state index contributed by atoms with van der Waals surface area (Å²) in [6, 6.07) is 20.4. The van der Waals surface area contributed by atoms with Crippen molar-refractivity contribution in [2.45, 2.75) is 6.92 Å². The van der Waals surface area contributed by atoms with Gasteiger partial charge in [-0.25, -0.2) is 0 Å². The molecule has 0 spiro atoms. The molecule has 7 heteroatoms. The minimum absolute atomic E-state index is 0.161. The predicted molar refractivity (Wildman–Crippen MR) is 108 cm³/mol. The Bertz CT molecular complexity index is 1160. The Morgan fingerprint density at radius 2 is 1.64 bits per heavy atom. The molecule has 0 saturated carbocycles. The zero-order valence-corrected chi connectivity index (χ0v) is 17.8. The molecule has 1 aromatic heterocycles. The topological polar surface area (TPSA) is 55.0 Å². The molecule has 0 aliphatic carbocycles. The number of aromatic nitrogens is 2. The van der Waals surface area contributed by atoms with E-state index in [1.807, 2.05) is 18.2 Å². The SMILES string of the molecule is [B][I-]c1ccc(-c2ccc(-c3cc4nc(OC(C)=O)[nH]c4cc3Cl)cc2)cc1. The zero-order chi connectivity index (χ0) is 19.7. The fourth-order valence-corrected chi connectivity index (χ4v) is 4.02. The van der Waals surface area contributed by atoms with E-state index in [2.05, 4.69) is 46.4 Å². The molecule has 0 fully saturated rings. The first-order valence-corrected chi connectivity index (χ1v) is 11.2. The monoisotopic (exact) mass is 499 g/mol. The van der Waals surface area contributed by atoms with Crippen LogP contribution in [0.1, 0.15) is 6.92 Å². The molecule has 1 N–H and O–H groups in total. The van der Waals surface area contributed by atoms with Gasteiger partial charge in [-0.2, -0.15) is 0 Å². The third kappa shape index (κ3) is 3.93. The Labute approximate surface area is 178 Å². The molecule has 138 valence electrons. The summed E-state index contributed by atoms with van der Waals surface area (Å²) >= 11 is 6.10. The van der Waals surface area contributed by atoms with E-state index >= 15 is 0 Å². The van der Waals surface area contributed by atoms with E-state index < -0.39 is 5.97 Å². The number of imidazole rings is 1. The first-order chi connectivity index (χ1) is 13.5. The molecule has 0 aliphatic rings. The Balaban J connectivity index is 1.66. The average Bonchev–Trinajstić information content (AvgIpc) is 3.07. The van der Waals surface area contributed by atoms with Gasteiger partial charge in [0.1, 0.15) is 0 Å². The maximum absolute atomic E-state index is 11.1. The first-order valence-electron chi connectivity index (χ1n) is 8.45. The van der Waals surface area contributed by atoms with Crippen LogP contribution >= 0.6 is 11.6 Å². The van der Waals surface area contributed by atoms with Crippen molar-refractivity contribution in [2.24, 2.45) is 0 Å². The summed E-state index contributed by atoms with van der Waals surface area (Å²) in [4.78, 5) is 18.4. The number of hydrogen-bond donors (Lipinski definition) is 1. The Kier molecular flexibility index (Phi) is 5.41. The van der Waals surface area contributed by atoms with Gasteiger partial charge in [-0.3, -0.25) is 4.79 Å². The van der Waals surface area contributed by atoms with Crippen molar-refractivity contribution in [3.8, 4) is 28.3 Å². The summed E-state index contributed by atoms with van der Waals surface area (Å²) in [5.41, 5.74) is 11.3. The predicted octanol–water partition coefficient (Wildman–Crippen LogP) is 1.82. The number of esters is 1. The van der Waals surface area contributed by atoms with Crippen molar-refractivity contribution in [3.63, 3.8) is 0 Å². The summed E-state index contributed by atoms with van der Waals surface area (Å²) in [7, 11) is 0. The first kappa shape index (κ1) is 19.0. The van der Waals surface area contributed by atoms with Gasteiger partial charge >= 0.3 is 158 Å². The van der Waals surface area contributed by atoms with Crippen LogP contribution in [0, 0.1) is 3.57 Å². The van der Waals surface area contributed by atoms with E-state index in [4.69, 9.17) is 22.0 Å². The summed E-state index contributed by atoms with van der Waals surface area (Å²) in [6.45, 7) is 1.33. The van der Waals surface area contributed by atoms with Crippen LogP contribution < -0.4 is 25.7 Å². The number of carbonyl (C=O) groups is 1. The Morgan fingerprint density at radius 1 is 1.04 bits per heavy atom. The molecule has 0 atom stereocenters. The van der Waals surface area contributed by atoms with Crippen LogP contribution in [0.5, 0.6) is 6.01 Å². The molecule has 28 heavy (non-hydrogen) atoms. The van der Waals surface area contributed by atoms with Crippen molar-refractivity contribution in [1.82, 2.24) is 9.97 Å². The number of benzene rings is 3. The third-order valence-corrected chi connectivity index (χ3v) is 6.04. The van der Waals surface area contributed by atoms with Gasteiger partial charge in [-0.05, 0) is 0 Å². The summed E-state index contributed by atoms with van der Waals surface area (Å²) in [5.74, 6) is -0.428. The number of rotatable bonds is 4. The van der Waals surface area contributed by atoms with Gasteiger partial charge in [0, 0.05) is 6.92 Å². The van der Waals surface area contributed by atoms with Crippen LogP contribution in [0.2, 0.25) is 5.02 Å². The van der Waals surface area contributed by atoms with Crippen molar-refractivity contribution >= 4 is 34.3 Å². The molecule has 0 saturated heterocycles. The van der Waals surface area contributed by atoms with Gasteiger partial charge in [0.2, 0.25) is 0 Å². The van der Waals surface area contributed by atoms with Gasteiger partial charge < -0.3 is 9.72 Å². The Hall–Kier alpha value is -2.32. The van der Waals surface area contributed by atoms with E-state index in [1.165, 1.54) is 10.5 Å². The summed E-state index contributed by atoms with van der Waals surface area (Å²) in [6.07, 6.45) is 0. The number of hydrogen-bond acceptors (Lipinski definition) is 3. The number of ether oxygens (including phenoxy) is 1. The number of fused-ring (bicyclic) bond motifs is 1. The third-order valence-electron chi connectivity index (χ3n) is 4.29. The van der Waals surface area contributed by atoms with Gasteiger partial charge in [0.05, 0.1) is 0 Å². The molecule has 4 nitrogen and oxygen atoms in total. The van der Waals surface area contributed by atoms with E-state index in [0.717, 1.165) is 22.3 Å². The van der Waals surface area contributed by atoms with Gasteiger partial charge in [-0.15, -0.1) is 0 Å². The quantitative estimate of drug-likeness (QED) is 0.265. The summed E-state index contributed by atoms with van der Waals surface area (Å²) in [5, 5.41) is 0.592. The normalized spacial score (nSPS) is 11.1. The molecular weight excluding hydrogens is 485 g/mol. The number of halogens is 2. The molecule has 0 unspecified atom stereocenters. The number of aromatic amines is 1. The number of nitrogens with zero attached hydrogens (tertiary/aromatic N) is 1. The average molecular weight is 500 g/mol. The molecular formula is C21H14BClIN2O2-. The molecule has 0 bridgehead atoms. The molecule has 1 heterocycles. The molecule has 4 rings (SSSR count). The zero-order valence-electron chi connectivity index (χ0n) is 14.9. The fraction of sp³-hybridized carbons (Fsp3) is 0.0476. The fourth-order valence-electron chi connectivity index (χ4n) is 2.97. The van der Waals surface area contributed by atoms with E-state index in [9.17, 15) is 4.79 Å². The van der Waals surface area contributed by atoms with Crippen LogP contribution in [0.25, 0.3) is 33.3 Å². The van der Waals surface area contributed by atoms with Crippen LogP contribution in [-0.2, 0) is 4.79 Å². The molecule has 0 aliphatic heterocycles. The standard InChI is InChI=1S/C21H14BClIN2O2/c1-12(27)28-21-25-19-10-17(18(23)11-20(19)26-21)15-4-2-13(3-5-15)14-6-8-16(24-22)9-7-14/h2-11H,1H3,(H,25,26)/q-1. The number of H-pyrrole nitrogens is 1. The van der Waals surface area contributed by atoms with E-state index in [1.54, 1.807) is 6.07 Å². The Morgan fingerprint density at radius 3 is 2.25 bits per heavy atom. The van der Waals surface area contributed by atoms with E-state index in [0.29, 0.717) is 16.1 Å². The van der Waals surface area contributed by atoms with Crippen LogP contribution in [0.4, 0.5) is 0 Å². The van der Waals surface area contributed by atoms with Crippen LogP contribution in [-0.4, -0.2) is 21.6 Å². The molecule has 3 aromatic carbocycles. The van der Waals surface area contributed by atoms with Crippen molar-refractivity contribution in [1.29, 1.82) is 0 Å². The number of nitrogens with one attached hydrogen (secondary N) is 1. The molecule has 2 radical (unpaired) electrons. The van der Waals surface area contributed by atoms with Gasteiger partial charge in [-0.1, -0.05) is 0 Å². The van der Waals surface area contributed by atoms with Crippen LogP contribution in [0.15, 0.2) is 60.7 Å². The van der Waals surface area contributed by atoms with Crippen molar-refractivity contribution < 1.29 is 30.5 Å². The second-order valence-corrected chi connectivity index (χ2v) is 8.45. The summed E-state index contributed by atoms with van der Waals surface area (Å²) < 4.78 is 6.23. The van der Waals surface area contributed by atoms with Gasteiger partial charge in [0.25, 0.3) is 0 Å². The minimum atomic E-state index is -0.428. The van der Waals surface area contributed by atoms with E-state index in [-0.39, 0.29) is 27.0 Å². The van der Waals surface area contributed by atoms with Gasteiger partial charge in [0.15, 0.2) is 0 Å². The second kappa shape index (κ2) is 7.97. The maximum atomic E-state index is 11.1. The molecule has 0 amide bonds. The van der Waals surface area contributed by atoms with Crippen LogP contribution in [0.3, 0.4) is 0 Å². The molecule has 4 aromatic rings.